The maximum Gasteiger partial charge on any atom is 0.338 e. The second kappa shape index (κ2) is 13.6. The van der Waals surface area contributed by atoms with Crippen molar-refractivity contribution in [2.45, 2.75) is 52.4 Å². The molecule has 43 heavy (non-hydrogen) atoms. The first-order valence-corrected chi connectivity index (χ1v) is 13.8. The van der Waals surface area contributed by atoms with Crippen LogP contribution >= 0.6 is 0 Å². The van der Waals surface area contributed by atoms with E-state index in [2.05, 4.69) is 10.6 Å². The van der Waals surface area contributed by atoms with Gasteiger partial charge in [-0.25, -0.2) is 4.79 Å². The summed E-state index contributed by atoms with van der Waals surface area (Å²) in [5.41, 5.74) is 3.45. The molecule has 1 aliphatic rings. The molecule has 0 fully saturated rings. The predicted octanol–water partition coefficient (Wildman–Crippen LogP) is 6.39. The molecule has 0 spiro atoms. The van der Waals surface area contributed by atoms with E-state index in [0.29, 0.717) is 59.7 Å². The van der Waals surface area contributed by atoms with E-state index in [9.17, 15) is 18.4 Å². The number of hydrogen-bond acceptors (Lipinski definition) is 8. The highest BCUT2D eigenvalue weighted by atomic mass is 19.3. The molecule has 0 unspecified atom stereocenters. The smallest absolute Gasteiger partial charge is 0.338 e. The van der Waals surface area contributed by atoms with Crippen molar-refractivity contribution in [3.05, 3.63) is 82.9 Å². The van der Waals surface area contributed by atoms with E-state index >= 15 is 0 Å². The Morgan fingerprint density at radius 2 is 1.88 bits per heavy atom. The van der Waals surface area contributed by atoms with Crippen LogP contribution in [0.4, 0.5) is 20.2 Å². The molecular weight excluding hydrogens is 560 g/mol. The lowest BCUT2D eigenvalue weighted by atomic mass is 10.00. The van der Waals surface area contributed by atoms with Gasteiger partial charge in [-0.2, -0.15) is 8.78 Å². The number of carbonyl (C=O) groups is 2. The predicted molar refractivity (Wildman–Crippen MR) is 157 cm³/mol. The van der Waals surface area contributed by atoms with Crippen LogP contribution in [0.25, 0.3) is 0 Å². The number of alkyl halides is 2. The van der Waals surface area contributed by atoms with Crippen molar-refractivity contribution in [1.82, 2.24) is 5.32 Å². The topological polar surface area (TPSA) is 119 Å². The summed E-state index contributed by atoms with van der Waals surface area (Å²) in [7, 11) is 0. The summed E-state index contributed by atoms with van der Waals surface area (Å²) in [4.78, 5) is 24.5. The van der Waals surface area contributed by atoms with Crippen molar-refractivity contribution >= 4 is 29.5 Å². The molecule has 0 radical (unpaired) electrons. The van der Waals surface area contributed by atoms with E-state index in [0.717, 1.165) is 11.8 Å². The van der Waals surface area contributed by atoms with E-state index in [1.807, 2.05) is 13.8 Å². The van der Waals surface area contributed by atoms with Gasteiger partial charge in [0.1, 0.15) is 17.6 Å². The largest absolute Gasteiger partial charge is 0.484 e. The zero-order chi connectivity index (χ0) is 31.1. The van der Waals surface area contributed by atoms with Gasteiger partial charge in [0.25, 0.3) is 5.91 Å². The monoisotopic (exact) mass is 595 g/mol. The first-order valence-electron chi connectivity index (χ1n) is 13.8. The Balaban J connectivity index is 1.58. The van der Waals surface area contributed by atoms with Gasteiger partial charge in [0.2, 0.25) is 0 Å². The van der Waals surface area contributed by atoms with Crippen LogP contribution in [0.1, 0.15) is 60.8 Å². The molecule has 0 saturated heterocycles. The Morgan fingerprint density at radius 1 is 1.09 bits per heavy atom. The number of fused-ring (bicyclic) bond motifs is 1. The zero-order valence-electron chi connectivity index (χ0n) is 24.4. The average Bonchev–Trinajstić information content (AvgIpc) is 2.98. The number of ether oxygens (including phenoxy) is 4. The summed E-state index contributed by atoms with van der Waals surface area (Å²) in [5.74, 6) is -4.30. The van der Waals surface area contributed by atoms with Crippen LogP contribution in [0.15, 0.2) is 60.7 Å². The van der Waals surface area contributed by atoms with Crippen molar-refractivity contribution < 1.29 is 37.3 Å². The molecule has 0 aromatic heterocycles. The minimum atomic E-state index is -3.57. The summed E-state index contributed by atoms with van der Waals surface area (Å²) in [6.45, 7) is 6.78. The number of carbonyl (C=O) groups excluding carboxylic acids is 2. The molecule has 1 amide bonds. The van der Waals surface area contributed by atoms with Crippen LogP contribution in [0.3, 0.4) is 0 Å². The maximum atomic E-state index is 13.7. The number of amides is 1. The molecule has 1 aliphatic heterocycles. The normalized spacial score (nSPS) is 14.1. The minimum Gasteiger partial charge on any atom is -0.484 e. The van der Waals surface area contributed by atoms with E-state index in [-0.39, 0.29) is 12.7 Å². The maximum absolute atomic E-state index is 13.7. The SMILES string of the molecule is CC(C)COC(=O)c1cccc(Nc2ccc(O[C@H](c3ccc4c(c3)OCOC4)[C@H](C)NC(=O)C(C)(F)F)cc2C=N)c1. The first kappa shape index (κ1) is 31.4. The lowest BCUT2D eigenvalue weighted by molar-refractivity contribution is -0.144. The highest BCUT2D eigenvalue weighted by Crippen LogP contribution is 2.33. The Morgan fingerprint density at radius 3 is 2.60 bits per heavy atom. The number of benzene rings is 3. The number of halogens is 2. The van der Waals surface area contributed by atoms with Gasteiger partial charge >= 0.3 is 11.9 Å². The molecule has 11 heteroatoms. The van der Waals surface area contributed by atoms with Crippen LogP contribution in [-0.2, 0) is 20.9 Å². The van der Waals surface area contributed by atoms with Gasteiger partial charge in [0, 0.05) is 35.6 Å². The molecule has 3 aromatic carbocycles. The van der Waals surface area contributed by atoms with Crippen LogP contribution in [0, 0.1) is 11.3 Å². The number of rotatable bonds is 12. The quantitative estimate of drug-likeness (QED) is 0.164. The average molecular weight is 596 g/mol. The fourth-order valence-corrected chi connectivity index (χ4v) is 4.33. The lowest BCUT2D eigenvalue weighted by Crippen LogP contribution is -2.46. The fourth-order valence-electron chi connectivity index (χ4n) is 4.33. The summed E-state index contributed by atoms with van der Waals surface area (Å²) in [5, 5.41) is 13.5. The van der Waals surface area contributed by atoms with Crippen LogP contribution in [0.2, 0.25) is 0 Å². The van der Waals surface area contributed by atoms with Gasteiger partial charge in [-0.05, 0) is 60.9 Å². The summed E-state index contributed by atoms with van der Waals surface area (Å²) in [6, 6.07) is 16.2. The third-order valence-electron chi connectivity index (χ3n) is 6.55. The van der Waals surface area contributed by atoms with E-state index in [1.54, 1.807) is 67.6 Å². The number of nitrogens with one attached hydrogen (secondary N) is 3. The molecule has 4 rings (SSSR count). The zero-order valence-corrected chi connectivity index (χ0v) is 24.4. The van der Waals surface area contributed by atoms with Crippen molar-refractivity contribution in [2.24, 2.45) is 5.92 Å². The summed E-state index contributed by atoms with van der Waals surface area (Å²) in [6.07, 6.45) is 0.259. The van der Waals surface area contributed by atoms with Gasteiger partial charge in [0.05, 0.1) is 24.8 Å². The molecule has 9 nitrogen and oxygen atoms in total. The highest BCUT2D eigenvalue weighted by molar-refractivity contribution is 5.92. The summed E-state index contributed by atoms with van der Waals surface area (Å²) >= 11 is 0. The van der Waals surface area contributed by atoms with Gasteiger partial charge in [-0.1, -0.05) is 32.0 Å². The molecule has 2 atom stereocenters. The molecule has 3 aromatic rings. The molecule has 0 bridgehead atoms. The highest BCUT2D eigenvalue weighted by Gasteiger charge is 2.35. The number of anilines is 2. The van der Waals surface area contributed by atoms with Crippen LogP contribution in [-0.4, -0.2) is 43.5 Å². The number of esters is 1. The molecule has 0 aliphatic carbocycles. The van der Waals surface area contributed by atoms with Crippen LogP contribution in [0.5, 0.6) is 11.5 Å². The van der Waals surface area contributed by atoms with E-state index in [1.165, 1.54) is 0 Å². The van der Waals surface area contributed by atoms with E-state index < -0.39 is 29.9 Å². The molecule has 1 heterocycles. The third-order valence-corrected chi connectivity index (χ3v) is 6.55. The lowest BCUT2D eigenvalue weighted by Gasteiger charge is -2.29. The van der Waals surface area contributed by atoms with Crippen molar-refractivity contribution in [2.75, 3.05) is 18.7 Å². The van der Waals surface area contributed by atoms with E-state index in [4.69, 9.17) is 24.4 Å². The second-order valence-electron chi connectivity index (χ2n) is 10.8. The van der Waals surface area contributed by atoms with Gasteiger partial charge in [-0.3, -0.25) is 4.79 Å². The van der Waals surface area contributed by atoms with Crippen LogP contribution < -0.4 is 20.1 Å². The minimum absolute atomic E-state index is 0.0789. The van der Waals surface area contributed by atoms with Gasteiger partial charge in [0.15, 0.2) is 6.79 Å². The van der Waals surface area contributed by atoms with Crippen molar-refractivity contribution in [1.29, 1.82) is 5.41 Å². The Hall–Kier alpha value is -4.51. The van der Waals surface area contributed by atoms with Crippen molar-refractivity contribution in [3.63, 3.8) is 0 Å². The van der Waals surface area contributed by atoms with Crippen molar-refractivity contribution in [3.8, 4) is 11.5 Å². The number of hydrogen-bond donors (Lipinski definition) is 3. The Bertz CT molecular complexity index is 1470. The standard InChI is InChI=1S/C32H35F2N3O6/c1-19(2)16-41-30(38)22-6-5-7-25(12-22)37-27-11-10-26(13-24(27)15-35)43-29(20(3)36-31(39)32(4,33)34)21-8-9-23-17-40-18-42-28(23)14-21/h5-15,19-20,29,35,37H,16-18H2,1-4H3,(H,36,39)/t20-,29-/m0/s1. The molecular formula is C32H35F2N3O6. The third kappa shape index (κ3) is 8.29. The Labute approximate surface area is 249 Å². The van der Waals surface area contributed by atoms with Gasteiger partial charge in [-0.15, -0.1) is 0 Å². The Kier molecular flexibility index (Phi) is 9.97. The second-order valence-corrected chi connectivity index (χ2v) is 10.8. The first-order chi connectivity index (χ1) is 20.4. The molecule has 0 saturated carbocycles. The molecule has 3 N–H and O–H groups in total. The fraction of sp³-hybridized carbons (Fsp3) is 0.344. The summed E-state index contributed by atoms with van der Waals surface area (Å²) < 4.78 is 49.9. The molecule has 228 valence electrons. The van der Waals surface area contributed by atoms with Gasteiger partial charge < -0.3 is 35.0 Å².